The number of rotatable bonds is 2. The largest absolute Gasteiger partial charge is 0.327 e. The summed E-state index contributed by atoms with van der Waals surface area (Å²) in [6, 6.07) is 5.38. The zero-order valence-electron chi connectivity index (χ0n) is 17.1. The molecule has 1 spiro atoms. The van der Waals surface area contributed by atoms with E-state index in [0.717, 1.165) is 35.4 Å². The molecule has 1 fully saturated rings. The van der Waals surface area contributed by atoms with Gasteiger partial charge in [0.1, 0.15) is 0 Å². The Kier molecular flexibility index (Phi) is 3.72. The molecule has 0 radical (unpaired) electrons. The number of nitrogens with zero attached hydrogens (tertiary/aromatic N) is 2. The topological polar surface area (TPSA) is 78.1 Å². The molecular weight excluding hydrogens is 435 g/mol. The summed E-state index contributed by atoms with van der Waals surface area (Å²) in [5.41, 5.74) is 3.34. The van der Waals surface area contributed by atoms with Crippen molar-refractivity contribution in [3.8, 4) is 0 Å². The molecule has 3 heterocycles. The van der Waals surface area contributed by atoms with Crippen LogP contribution in [0, 0.1) is 6.92 Å². The van der Waals surface area contributed by atoms with Crippen molar-refractivity contribution in [3.63, 3.8) is 0 Å². The Morgan fingerprint density at radius 2 is 2.03 bits per heavy atom. The first kappa shape index (κ1) is 19.1. The van der Waals surface area contributed by atoms with Crippen molar-refractivity contribution in [1.29, 1.82) is 0 Å². The number of alkyl halides is 1. The molecule has 2 unspecified atom stereocenters. The van der Waals surface area contributed by atoms with Crippen molar-refractivity contribution in [2.24, 2.45) is 0 Å². The number of fused-ring (bicyclic) bond motifs is 3. The molecule has 0 saturated heterocycles. The Hall–Kier alpha value is -2.57. The lowest BCUT2D eigenvalue weighted by atomic mass is 9.78. The number of H-pyrrole nitrogens is 1. The summed E-state index contributed by atoms with van der Waals surface area (Å²) in [6.07, 6.45) is 6.23. The number of aromatic amines is 1. The van der Waals surface area contributed by atoms with Gasteiger partial charge in [-0.3, -0.25) is 19.6 Å². The highest BCUT2D eigenvalue weighted by molar-refractivity contribution is 6.31. The molecule has 6 rings (SSSR count). The molecule has 0 bridgehead atoms. The molecule has 4 aliphatic rings. The SMILES string of the molecule is Cc1ccc(Cl)cc1N1C(=O)c2n[nH]c(C3(C)CC3)c2C12C(=O)NC1=C2C=CC(Cl)C1. The first-order chi connectivity index (χ1) is 14.8. The van der Waals surface area contributed by atoms with E-state index >= 15 is 0 Å². The molecular formula is C23H20Cl2N4O2. The van der Waals surface area contributed by atoms with Crippen LogP contribution in [0.15, 0.2) is 41.6 Å². The minimum absolute atomic E-state index is 0.121. The maximum Gasteiger partial charge on any atom is 0.280 e. The molecule has 2 aliphatic carbocycles. The fraction of sp³-hybridized carbons (Fsp3) is 0.348. The molecule has 1 aromatic heterocycles. The number of nitrogens with one attached hydrogen (secondary N) is 2. The second kappa shape index (κ2) is 6.02. The number of benzene rings is 1. The second-order valence-corrected chi connectivity index (χ2v) is 10.1. The third kappa shape index (κ3) is 2.32. The number of anilines is 1. The van der Waals surface area contributed by atoms with Crippen LogP contribution in [0.1, 0.15) is 53.5 Å². The van der Waals surface area contributed by atoms with Crippen LogP contribution in [0.3, 0.4) is 0 Å². The van der Waals surface area contributed by atoms with Crippen LogP contribution in [0.5, 0.6) is 0 Å². The number of hydrogen-bond acceptors (Lipinski definition) is 3. The zero-order chi connectivity index (χ0) is 21.7. The van der Waals surface area contributed by atoms with E-state index in [1.807, 2.05) is 25.1 Å². The van der Waals surface area contributed by atoms with E-state index in [9.17, 15) is 9.59 Å². The van der Waals surface area contributed by atoms with Gasteiger partial charge in [-0.1, -0.05) is 36.7 Å². The quantitative estimate of drug-likeness (QED) is 0.666. The molecule has 2 aliphatic heterocycles. The molecule has 158 valence electrons. The zero-order valence-corrected chi connectivity index (χ0v) is 18.6. The molecule has 2 atom stereocenters. The summed E-state index contributed by atoms with van der Waals surface area (Å²) < 4.78 is 0. The van der Waals surface area contributed by atoms with E-state index in [1.54, 1.807) is 17.0 Å². The van der Waals surface area contributed by atoms with Gasteiger partial charge in [-0.25, -0.2) is 0 Å². The third-order valence-corrected chi connectivity index (χ3v) is 7.60. The van der Waals surface area contributed by atoms with Gasteiger partial charge in [0.2, 0.25) is 0 Å². The highest BCUT2D eigenvalue weighted by Gasteiger charge is 2.65. The van der Waals surface area contributed by atoms with Crippen LogP contribution < -0.4 is 10.2 Å². The van der Waals surface area contributed by atoms with Crippen LogP contribution in [0.25, 0.3) is 0 Å². The highest BCUT2D eigenvalue weighted by Crippen LogP contribution is 2.58. The van der Waals surface area contributed by atoms with Gasteiger partial charge in [-0.2, -0.15) is 5.10 Å². The van der Waals surface area contributed by atoms with Crippen molar-refractivity contribution in [1.82, 2.24) is 15.5 Å². The van der Waals surface area contributed by atoms with E-state index in [0.29, 0.717) is 28.4 Å². The third-order valence-electron chi connectivity index (χ3n) is 7.06. The summed E-state index contributed by atoms with van der Waals surface area (Å²) in [6.45, 7) is 4.05. The van der Waals surface area contributed by atoms with Crippen LogP contribution in [-0.4, -0.2) is 27.4 Å². The van der Waals surface area contributed by atoms with Crippen LogP contribution in [0.4, 0.5) is 5.69 Å². The minimum atomic E-state index is -1.33. The summed E-state index contributed by atoms with van der Waals surface area (Å²) >= 11 is 12.7. The highest BCUT2D eigenvalue weighted by atomic mass is 35.5. The van der Waals surface area contributed by atoms with Crippen molar-refractivity contribution in [2.45, 2.75) is 49.4 Å². The number of amides is 2. The first-order valence-corrected chi connectivity index (χ1v) is 11.2. The van der Waals surface area contributed by atoms with E-state index in [2.05, 4.69) is 22.4 Å². The Labute approximate surface area is 189 Å². The predicted octanol–water partition coefficient (Wildman–Crippen LogP) is 4.23. The smallest absolute Gasteiger partial charge is 0.280 e. The molecule has 2 aromatic rings. The van der Waals surface area contributed by atoms with Gasteiger partial charge in [-0.05, 0) is 37.5 Å². The lowest BCUT2D eigenvalue weighted by molar-refractivity contribution is -0.123. The van der Waals surface area contributed by atoms with E-state index < -0.39 is 5.54 Å². The summed E-state index contributed by atoms with van der Waals surface area (Å²) in [5, 5.41) is 10.8. The van der Waals surface area contributed by atoms with Crippen LogP contribution >= 0.6 is 23.2 Å². The number of carbonyl (C=O) groups excluding carboxylic acids is 2. The summed E-state index contributed by atoms with van der Waals surface area (Å²) in [5.74, 6) is -0.566. The van der Waals surface area contributed by atoms with Crippen LogP contribution in [-0.2, 0) is 15.7 Å². The number of allylic oxidation sites excluding steroid dienone is 2. The van der Waals surface area contributed by atoms with E-state index in [1.165, 1.54) is 0 Å². The van der Waals surface area contributed by atoms with Gasteiger partial charge in [-0.15, -0.1) is 11.6 Å². The van der Waals surface area contributed by atoms with E-state index in [-0.39, 0.29) is 22.6 Å². The average Bonchev–Trinajstić information content (AvgIpc) is 3.10. The normalized spacial score (nSPS) is 27.7. The lowest BCUT2D eigenvalue weighted by Crippen LogP contribution is -2.52. The van der Waals surface area contributed by atoms with Crippen molar-refractivity contribution in [2.75, 3.05) is 4.90 Å². The number of hydrogen-bond donors (Lipinski definition) is 2. The summed E-state index contributed by atoms with van der Waals surface area (Å²) in [4.78, 5) is 29.3. The minimum Gasteiger partial charge on any atom is -0.327 e. The van der Waals surface area contributed by atoms with Crippen molar-refractivity contribution in [3.05, 3.63) is 69.2 Å². The monoisotopic (exact) mass is 454 g/mol. The van der Waals surface area contributed by atoms with Gasteiger partial charge in [0.25, 0.3) is 11.8 Å². The van der Waals surface area contributed by atoms with E-state index in [4.69, 9.17) is 23.2 Å². The van der Waals surface area contributed by atoms with Gasteiger partial charge in [0.05, 0.1) is 11.1 Å². The molecule has 6 nitrogen and oxygen atoms in total. The van der Waals surface area contributed by atoms with Crippen LogP contribution in [0.2, 0.25) is 5.02 Å². The lowest BCUT2D eigenvalue weighted by Gasteiger charge is -2.37. The average molecular weight is 455 g/mol. The van der Waals surface area contributed by atoms with Crippen molar-refractivity contribution < 1.29 is 9.59 Å². The second-order valence-electron chi connectivity index (χ2n) is 9.09. The Bertz CT molecular complexity index is 1260. The summed E-state index contributed by atoms with van der Waals surface area (Å²) in [7, 11) is 0. The maximum absolute atomic E-state index is 13.9. The first-order valence-electron chi connectivity index (χ1n) is 10.3. The predicted molar refractivity (Wildman–Crippen MR) is 118 cm³/mol. The number of aromatic nitrogens is 2. The number of carbonyl (C=O) groups is 2. The van der Waals surface area contributed by atoms with Gasteiger partial charge < -0.3 is 5.32 Å². The Morgan fingerprint density at radius 1 is 1.26 bits per heavy atom. The van der Waals surface area contributed by atoms with Gasteiger partial charge in [0, 0.05) is 39.4 Å². The Morgan fingerprint density at radius 3 is 2.77 bits per heavy atom. The fourth-order valence-electron chi connectivity index (χ4n) is 5.16. The molecule has 31 heavy (non-hydrogen) atoms. The Balaban J connectivity index is 1.69. The molecule has 2 amide bonds. The fourth-order valence-corrected chi connectivity index (χ4v) is 5.55. The van der Waals surface area contributed by atoms with Gasteiger partial charge >= 0.3 is 0 Å². The number of halogens is 2. The molecule has 8 heteroatoms. The molecule has 1 saturated carbocycles. The maximum atomic E-state index is 13.9. The molecule has 1 aromatic carbocycles. The van der Waals surface area contributed by atoms with Gasteiger partial charge in [0.15, 0.2) is 11.2 Å². The molecule has 2 N–H and O–H groups in total. The number of aryl methyl sites for hydroxylation is 1. The van der Waals surface area contributed by atoms with Crippen molar-refractivity contribution >= 4 is 40.7 Å². The standard InChI is InChI=1S/C23H20Cl2N4O2/c1-11-3-4-13(25)10-16(11)29-20(30)18-17(19(28-27-18)22(2)7-8-22)23(29)14-6-5-12(24)9-15(14)26-21(23)31/h3-6,10,12H,7-9H2,1-2H3,(H,26,31)(H,27,28).